The predicted molar refractivity (Wildman–Crippen MR) is 135 cm³/mol. The van der Waals surface area contributed by atoms with Crippen molar-refractivity contribution in [2.45, 2.75) is 0 Å². The van der Waals surface area contributed by atoms with Crippen LogP contribution in [0.2, 0.25) is 0 Å². The van der Waals surface area contributed by atoms with Gasteiger partial charge in [0.2, 0.25) is 0 Å². The Hall–Kier alpha value is -4.50. The van der Waals surface area contributed by atoms with Crippen molar-refractivity contribution in [1.82, 2.24) is 4.98 Å². The number of fused-ring (bicyclic) bond motifs is 2. The predicted octanol–water partition coefficient (Wildman–Crippen LogP) is 7.02. The second kappa shape index (κ2) is 7.88. The summed E-state index contributed by atoms with van der Waals surface area (Å²) in [6, 6.07) is 40.2. The van der Waals surface area contributed by atoms with E-state index in [9.17, 15) is 5.21 Å². The van der Waals surface area contributed by atoms with E-state index in [0.29, 0.717) is 22.1 Å². The lowest BCUT2D eigenvalue weighted by Crippen LogP contribution is -2.30. The molecule has 3 nitrogen and oxygen atoms in total. The van der Waals surface area contributed by atoms with E-state index in [4.69, 9.17) is 4.98 Å². The van der Waals surface area contributed by atoms with Gasteiger partial charge >= 0.3 is 0 Å². The molecule has 0 aliphatic carbocycles. The zero-order chi connectivity index (χ0) is 22.2. The van der Waals surface area contributed by atoms with Crippen molar-refractivity contribution in [2.24, 2.45) is 0 Å². The number of aromatic nitrogens is 2. The Morgan fingerprint density at radius 3 is 1.64 bits per heavy atom. The Balaban J connectivity index is 1.74. The average molecular weight is 425 g/mol. The maximum absolute atomic E-state index is 14.0. The van der Waals surface area contributed by atoms with Crippen molar-refractivity contribution in [2.75, 3.05) is 0 Å². The zero-order valence-electron chi connectivity index (χ0n) is 17.8. The maximum atomic E-state index is 14.0. The molecule has 0 fully saturated rings. The third-order valence-electron chi connectivity index (χ3n) is 6.03. The first-order valence-electron chi connectivity index (χ1n) is 11.0. The molecular weight excluding hydrogens is 404 g/mol. The minimum Gasteiger partial charge on any atom is -0.618 e. The van der Waals surface area contributed by atoms with Crippen molar-refractivity contribution in [3.8, 4) is 33.4 Å². The van der Waals surface area contributed by atoms with E-state index < -0.39 is 0 Å². The summed E-state index contributed by atoms with van der Waals surface area (Å²) in [5.74, 6) is 0. The van der Waals surface area contributed by atoms with Crippen molar-refractivity contribution in [3.05, 3.63) is 127 Å². The maximum Gasteiger partial charge on any atom is 0.250 e. The van der Waals surface area contributed by atoms with E-state index in [2.05, 4.69) is 18.2 Å². The molecule has 6 rings (SSSR count). The summed E-state index contributed by atoms with van der Waals surface area (Å²) in [5, 5.41) is 14.0. The molecule has 0 saturated carbocycles. The number of hydrogen-bond acceptors (Lipinski definition) is 2. The van der Waals surface area contributed by atoms with Gasteiger partial charge in [0.15, 0.2) is 0 Å². The van der Waals surface area contributed by atoms with Gasteiger partial charge in [0.1, 0.15) is 11.0 Å². The topological polar surface area (TPSA) is 39.8 Å². The van der Waals surface area contributed by atoms with Crippen molar-refractivity contribution < 1.29 is 4.73 Å². The van der Waals surface area contributed by atoms with Crippen LogP contribution >= 0.6 is 0 Å². The first-order chi connectivity index (χ1) is 16.3. The molecule has 0 bridgehead atoms. The van der Waals surface area contributed by atoms with Gasteiger partial charge in [0, 0.05) is 0 Å². The minimum atomic E-state index is 0.580. The van der Waals surface area contributed by atoms with E-state index in [1.807, 2.05) is 103 Å². The molecule has 6 aromatic rings. The van der Waals surface area contributed by atoms with Gasteiger partial charge in [0.25, 0.3) is 11.0 Å². The first-order valence-corrected chi connectivity index (χ1v) is 11.0. The molecule has 0 saturated heterocycles. The van der Waals surface area contributed by atoms with Gasteiger partial charge in [-0.05, 0) is 46.5 Å². The van der Waals surface area contributed by atoms with Crippen LogP contribution < -0.4 is 4.73 Å². The lowest BCUT2D eigenvalue weighted by Gasteiger charge is -2.14. The van der Waals surface area contributed by atoms with Gasteiger partial charge < -0.3 is 5.21 Å². The van der Waals surface area contributed by atoms with Gasteiger partial charge in [0.05, 0.1) is 11.1 Å². The molecule has 1 aromatic heterocycles. The molecule has 5 aromatic carbocycles. The van der Waals surface area contributed by atoms with Gasteiger partial charge in [-0.3, -0.25) is 0 Å². The van der Waals surface area contributed by atoms with E-state index in [0.717, 1.165) is 38.1 Å². The average Bonchev–Trinajstić information content (AvgIpc) is 2.89. The molecule has 0 unspecified atom stereocenters. The summed E-state index contributed by atoms with van der Waals surface area (Å²) >= 11 is 0. The Labute approximate surface area is 191 Å². The summed E-state index contributed by atoms with van der Waals surface area (Å²) in [6.07, 6.45) is 0. The molecule has 0 atom stereocenters. The number of nitrogens with zero attached hydrogens (tertiary/aromatic N) is 2. The summed E-state index contributed by atoms with van der Waals surface area (Å²) in [5.41, 5.74) is 8.40. The molecule has 0 amide bonds. The number of rotatable bonds is 3. The Morgan fingerprint density at radius 2 is 1.00 bits per heavy atom. The molecule has 1 heterocycles. The summed E-state index contributed by atoms with van der Waals surface area (Å²) < 4.78 is 1.07. The summed E-state index contributed by atoms with van der Waals surface area (Å²) in [4.78, 5) is 4.98. The van der Waals surface area contributed by atoms with Crippen molar-refractivity contribution >= 4 is 22.1 Å². The smallest absolute Gasteiger partial charge is 0.250 e. The third kappa shape index (κ3) is 3.31. The van der Waals surface area contributed by atoms with Crippen LogP contribution in [0.1, 0.15) is 0 Å². The standard InChI is InChI=1S/C30H20N2O/c33-32-29-25(22-13-6-2-7-14-22)17-10-18-27(29)31-28-20-24(21-11-4-1-5-12-21)19-26(30(28)32)23-15-8-3-9-16-23/h1-20H. The molecule has 33 heavy (non-hydrogen) atoms. The largest absolute Gasteiger partial charge is 0.618 e. The van der Waals surface area contributed by atoms with Crippen LogP contribution in [0.25, 0.3) is 55.4 Å². The lowest BCUT2D eigenvalue weighted by atomic mass is 9.96. The fourth-order valence-corrected chi connectivity index (χ4v) is 4.48. The Kier molecular flexibility index (Phi) is 4.59. The molecule has 156 valence electrons. The highest BCUT2D eigenvalue weighted by molar-refractivity contribution is 5.98. The van der Waals surface area contributed by atoms with E-state index in [-0.39, 0.29) is 0 Å². The molecular formula is C30H20N2O. The van der Waals surface area contributed by atoms with Crippen molar-refractivity contribution in [1.29, 1.82) is 0 Å². The fourth-order valence-electron chi connectivity index (χ4n) is 4.48. The molecule has 3 heteroatoms. The van der Waals surface area contributed by atoms with Gasteiger partial charge in [-0.25, -0.2) is 4.98 Å². The van der Waals surface area contributed by atoms with Crippen molar-refractivity contribution in [3.63, 3.8) is 0 Å². The van der Waals surface area contributed by atoms with Gasteiger partial charge in [-0.1, -0.05) is 97.1 Å². The fraction of sp³-hybridized carbons (Fsp3) is 0. The van der Waals surface area contributed by atoms with Crippen LogP contribution in [-0.4, -0.2) is 4.98 Å². The second-order valence-electron chi connectivity index (χ2n) is 8.07. The normalized spacial score (nSPS) is 11.2. The van der Waals surface area contributed by atoms with Crippen LogP contribution in [0.15, 0.2) is 121 Å². The molecule has 0 aliphatic rings. The minimum absolute atomic E-state index is 0.580. The first kappa shape index (κ1) is 19.2. The quantitative estimate of drug-likeness (QED) is 0.174. The number of hydrogen-bond donors (Lipinski definition) is 0. The van der Waals surface area contributed by atoms with Gasteiger partial charge in [-0.2, -0.15) is 4.73 Å². The monoisotopic (exact) mass is 424 g/mol. The molecule has 0 N–H and O–H groups in total. The highest BCUT2D eigenvalue weighted by Crippen LogP contribution is 2.34. The number of para-hydroxylation sites is 1. The molecule has 0 aliphatic heterocycles. The van der Waals surface area contributed by atoms with Crippen LogP contribution in [0, 0.1) is 5.21 Å². The second-order valence-corrected chi connectivity index (χ2v) is 8.07. The highest BCUT2D eigenvalue weighted by Gasteiger charge is 2.22. The van der Waals surface area contributed by atoms with Crippen LogP contribution in [0.4, 0.5) is 0 Å². The van der Waals surface area contributed by atoms with Gasteiger partial charge in [-0.15, -0.1) is 0 Å². The van der Waals surface area contributed by atoms with Crippen LogP contribution in [0.3, 0.4) is 0 Å². The zero-order valence-corrected chi connectivity index (χ0v) is 17.8. The molecule has 0 spiro atoms. The molecule has 0 radical (unpaired) electrons. The van der Waals surface area contributed by atoms with E-state index in [1.54, 1.807) is 0 Å². The SMILES string of the molecule is [O-][n+]1c2c(-c3ccccc3)cccc2nc2cc(-c3ccccc3)cc(-c3ccccc3)c21. The Morgan fingerprint density at radius 1 is 0.455 bits per heavy atom. The number of benzene rings is 5. The third-order valence-corrected chi connectivity index (χ3v) is 6.03. The highest BCUT2D eigenvalue weighted by atomic mass is 16.5. The Bertz CT molecular complexity index is 1600. The van der Waals surface area contributed by atoms with E-state index >= 15 is 0 Å². The van der Waals surface area contributed by atoms with E-state index in [1.165, 1.54) is 0 Å². The summed E-state index contributed by atoms with van der Waals surface area (Å²) in [7, 11) is 0. The van der Waals surface area contributed by atoms with Crippen LogP contribution in [-0.2, 0) is 0 Å². The van der Waals surface area contributed by atoms with Crippen LogP contribution in [0.5, 0.6) is 0 Å². The summed E-state index contributed by atoms with van der Waals surface area (Å²) in [6.45, 7) is 0. The lowest BCUT2D eigenvalue weighted by molar-refractivity contribution is -0.547.